The van der Waals surface area contributed by atoms with E-state index in [1.54, 1.807) is 7.11 Å². The molecule has 0 spiro atoms. The number of allylic oxidation sites excluding steroid dienone is 4. The summed E-state index contributed by atoms with van der Waals surface area (Å²) in [4.78, 5) is 23.3. The zero-order valence-electron chi connectivity index (χ0n) is 15.5. The van der Waals surface area contributed by atoms with E-state index in [-0.39, 0.29) is 24.3 Å². The van der Waals surface area contributed by atoms with Gasteiger partial charge in [0.1, 0.15) is 18.1 Å². The summed E-state index contributed by atoms with van der Waals surface area (Å²) < 4.78 is 15.4. The van der Waals surface area contributed by atoms with Crippen LogP contribution in [0.15, 0.2) is 34.3 Å². The molecule has 0 radical (unpaired) electrons. The Morgan fingerprint density at radius 3 is 2.68 bits per heavy atom. The van der Waals surface area contributed by atoms with Crippen molar-refractivity contribution in [3.63, 3.8) is 0 Å². The molecule has 1 N–H and O–H groups in total. The van der Waals surface area contributed by atoms with Gasteiger partial charge < -0.3 is 19.3 Å². The lowest BCUT2D eigenvalue weighted by molar-refractivity contribution is -0.140. The first kappa shape index (κ1) is 19.1. The molecule has 2 atom stereocenters. The maximum atomic E-state index is 12.1. The largest absolute Gasteiger partial charge is 0.507 e. The van der Waals surface area contributed by atoms with Crippen LogP contribution in [0.4, 0.5) is 0 Å². The van der Waals surface area contributed by atoms with Gasteiger partial charge in [-0.2, -0.15) is 0 Å². The molecule has 0 aromatic carbocycles. The molecular formula is C19H26O6. The van der Waals surface area contributed by atoms with Crippen molar-refractivity contribution in [2.75, 3.05) is 20.8 Å². The van der Waals surface area contributed by atoms with Gasteiger partial charge in [-0.1, -0.05) is 25.5 Å². The molecule has 1 heterocycles. The minimum absolute atomic E-state index is 0.0445. The van der Waals surface area contributed by atoms with Crippen LogP contribution in [-0.2, 0) is 23.8 Å². The number of cyclic esters (lactones) is 1. The SMILES string of the molecule is COC(=O)CC/C(C)=C/CC1=C(OC)C(C)C2(C)COC(=O)C2=C1O. The number of ether oxygens (including phenoxy) is 3. The van der Waals surface area contributed by atoms with Crippen molar-refractivity contribution in [3.05, 3.63) is 34.3 Å². The smallest absolute Gasteiger partial charge is 0.338 e. The number of hydrogen-bond acceptors (Lipinski definition) is 6. The van der Waals surface area contributed by atoms with Crippen LogP contribution in [0.25, 0.3) is 0 Å². The lowest BCUT2D eigenvalue weighted by Crippen LogP contribution is -2.35. The summed E-state index contributed by atoms with van der Waals surface area (Å²) >= 11 is 0. The maximum absolute atomic E-state index is 12.1. The monoisotopic (exact) mass is 350 g/mol. The molecule has 1 fully saturated rings. The fraction of sp³-hybridized carbons (Fsp3) is 0.579. The van der Waals surface area contributed by atoms with Crippen molar-refractivity contribution in [2.24, 2.45) is 11.3 Å². The van der Waals surface area contributed by atoms with E-state index >= 15 is 0 Å². The first-order valence-electron chi connectivity index (χ1n) is 8.37. The van der Waals surface area contributed by atoms with Crippen molar-refractivity contribution >= 4 is 11.9 Å². The topological polar surface area (TPSA) is 82.1 Å². The van der Waals surface area contributed by atoms with Crippen molar-refractivity contribution < 1.29 is 28.9 Å². The number of carbonyl (C=O) groups excluding carboxylic acids is 2. The number of fused-ring (bicyclic) bond motifs is 1. The molecule has 0 bridgehead atoms. The molecule has 0 amide bonds. The van der Waals surface area contributed by atoms with Gasteiger partial charge in [0.15, 0.2) is 0 Å². The highest BCUT2D eigenvalue weighted by atomic mass is 16.5. The van der Waals surface area contributed by atoms with E-state index in [0.717, 1.165) is 5.57 Å². The Kier molecular flexibility index (Phi) is 5.60. The van der Waals surface area contributed by atoms with E-state index < -0.39 is 11.4 Å². The molecule has 1 aliphatic carbocycles. The standard InChI is InChI=1S/C19H26O6/c1-11(7-9-14(20)23-4)6-8-13-16(21)15-18(22)25-10-19(15,3)12(2)17(13)24-5/h6,12,21H,7-10H2,1-5H3/b11-6+. The molecular weight excluding hydrogens is 324 g/mol. The maximum Gasteiger partial charge on any atom is 0.338 e. The number of aliphatic hydroxyl groups excluding tert-OH is 1. The van der Waals surface area contributed by atoms with Gasteiger partial charge in [-0.25, -0.2) is 4.79 Å². The number of carbonyl (C=O) groups is 2. The third-order valence-electron chi connectivity index (χ3n) is 5.27. The Morgan fingerprint density at radius 1 is 1.40 bits per heavy atom. The molecule has 25 heavy (non-hydrogen) atoms. The quantitative estimate of drug-likeness (QED) is 0.585. The number of methoxy groups -OCH3 is 2. The van der Waals surface area contributed by atoms with Crippen LogP contribution in [-0.4, -0.2) is 37.9 Å². The van der Waals surface area contributed by atoms with Crippen LogP contribution in [0.3, 0.4) is 0 Å². The van der Waals surface area contributed by atoms with Crippen LogP contribution in [0, 0.1) is 11.3 Å². The second-order valence-corrected chi connectivity index (χ2v) is 6.82. The molecule has 0 aromatic heterocycles. The number of hydrogen-bond donors (Lipinski definition) is 1. The Hall–Kier alpha value is -2.24. The van der Waals surface area contributed by atoms with E-state index in [1.807, 2.05) is 26.8 Å². The van der Waals surface area contributed by atoms with Crippen LogP contribution in [0.1, 0.15) is 40.0 Å². The second-order valence-electron chi connectivity index (χ2n) is 6.82. The molecule has 0 aromatic rings. The summed E-state index contributed by atoms with van der Waals surface area (Å²) in [5.74, 6) is -0.194. The Balaban J connectivity index is 2.28. The molecule has 6 heteroatoms. The summed E-state index contributed by atoms with van der Waals surface area (Å²) in [7, 11) is 2.93. The molecule has 138 valence electrons. The highest BCUT2D eigenvalue weighted by molar-refractivity contribution is 5.94. The van der Waals surface area contributed by atoms with Gasteiger partial charge in [0.25, 0.3) is 0 Å². The predicted octanol–water partition coefficient (Wildman–Crippen LogP) is 3.20. The number of rotatable bonds is 6. The zero-order valence-corrected chi connectivity index (χ0v) is 15.5. The van der Waals surface area contributed by atoms with Gasteiger partial charge >= 0.3 is 11.9 Å². The summed E-state index contributed by atoms with van der Waals surface area (Å²) in [6.07, 6.45) is 3.24. The number of aliphatic hydroxyl groups is 1. The third kappa shape index (κ3) is 3.43. The van der Waals surface area contributed by atoms with E-state index in [9.17, 15) is 14.7 Å². The van der Waals surface area contributed by atoms with Crippen LogP contribution in [0.5, 0.6) is 0 Å². The Labute approximate surface area is 148 Å². The van der Waals surface area contributed by atoms with Crippen molar-refractivity contribution in [3.8, 4) is 0 Å². The van der Waals surface area contributed by atoms with Gasteiger partial charge in [-0.3, -0.25) is 4.79 Å². The normalized spacial score (nSPS) is 26.5. The van der Waals surface area contributed by atoms with Crippen molar-refractivity contribution in [2.45, 2.75) is 40.0 Å². The van der Waals surface area contributed by atoms with Gasteiger partial charge in [-0.05, 0) is 19.8 Å². The fourth-order valence-corrected chi connectivity index (χ4v) is 3.40. The lowest BCUT2D eigenvalue weighted by atomic mass is 9.68. The third-order valence-corrected chi connectivity index (χ3v) is 5.27. The minimum atomic E-state index is -0.584. The number of esters is 2. The molecule has 6 nitrogen and oxygen atoms in total. The van der Waals surface area contributed by atoms with E-state index in [4.69, 9.17) is 9.47 Å². The second kappa shape index (κ2) is 7.33. The summed E-state index contributed by atoms with van der Waals surface area (Å²) in [5.41, 5.74) is 1.34. The highest BCUT2D eigenvalue weighted by Crippen LogP contribution is 2.51. The predicted molar refractivity (Wildman–Crippen MR) is 91.5 cm³/mol. The van der Waals surface area contributed by atoms with E-state index in [1.165, 1.54) is 7.11 Å². The molecule has 0 saturated carbocycles. The van der Waals surface area contributed by atoms with Crippen molar-refractivity contribution in [1.29, 1.82) is 0 Å². The summed E-state index contributed by atoms with van der Waals surface area (Å²) in [6.45, 7) is 6.03. The average molecular weight is 350 g/mol. The minimum Gasteiger partial charge on any atom is -0.507 e. The van der Waals surface area contributed by atoms with Crippen LogP contribution in [0.2, 0.25) is 0 Å². The van der Waals surface area contributed by atoms with Gasteiger partial charge in [0, 0.05) is 23.3 Å². The average Bonchev–Trinajstić information content (AvgIpc) is 2.91. The highest BCUT2D eigenvalue weighted by Gasteiger charge is 2.53. The Morgan fingerprint density at radius 2 is 2.08 bits per heavy atom. The van der Waals surface area contributed by atoms with Crippen LogP contribution >= 0.6 is 0 Å². The van der Waals surface area contributed by atoms with Crippen molar-refractivity contribution in [1.82, 2.24) is 0 Å². The fourth-order valence-electron chi connectivity index (χ4n) is 3.40. The Bertz CT molecular complexity index is 669. The van der Waals surface area contributed by atoms with Gasteiger partial charge in [-0.15, -0.1) is 0 Å². The van der Waals surface area contributed by atoms with E-state index in [2.05, 4.69) is 4.74 Å². The first-order chi connectivity index (χ1) is 11.8. The molecule has 1 saturated heterocycles. The molecule has 2 aliphatic rings. The van der Waals surface area contributed by atoms with Gasteiger partial charge in [0.2, 0.25) is 0 Å². The van der Waals surface area contributed by atoms with Crippen LogP contribution < -0.4 is 0 Å². The summed E-state index contributed by atoms with van der Waals surface area (Å²) in [6, 6.07) is 0. The summed E-state index contributed by atoms with van der Waals surface area (Å²) in [5, 5.41) is 10.7. The molecule has 2 unspecified atom stereocenters. The first-order valence-corrected chi connectivity index (χ1v) is 8.37. The molecule has 2 rings (SSSR count). The van der Waals surface area contributed by atoms with E-state index in [0.29, 0.717) is 36.2 Å². The zero-order chi connectivity index (χ0) is 18.8. The van der Waals surface area contributed by atoms with Gasteiger partial charge in [0.05, 0.1) is 19.8 Å². The molecule has 1 aliphatic heterocycles. The lowest BCUT2D eigenvalue weighted by Gasteiger charge is -2.36.